The molecular weight excluding hydrogens is 879 g/mol. The predicted molar refractivity (Wildman–Crippen MR) is 269 cm³/mol. The van der Waals surface area contributed by atoms with Gasteiger partial charge in [0.25, 0.3) is 12.6 Å². The van der Waals surface area contributed by atoms with Crippen LogP contribution in [0.15, 0.2) is 151 Å². The Balaban J connectivity index is 0.000000155. The van der Waals surface area contributed by atoms with E-state index in [1.807, 2.05) is 18.2 Å². The minimum atomic E-state index is -0.730. The van der Waals surface area contributed by atoms with Crippen molar-refractivity contribution in [1.29, 1.82) is 0 Å². The molecule has 1 N–H and O–H groups in total. The second-order valence-electron chi connectivity index (χ2n) is 18.8. The van der Waals surface area contributed by atoms with Crippen LogP contribution in [-0.4, -0.2) is 55.4 Å². The van der Waals surface area contributed by atoms with Crippen LogP contribution in [0.2, 0.25) is 0 Å². The maximum absolute atomic E-state index is 12.5. The van der Waals surface area contributed by atoms with Gasteiger partial charge < -0.3 is 24.1 Å². The molecule has 8 aliphatic rings. The van der Waals surface area contributed by atoms with Crippen LogP contribution >= 0.6 is 0 Å². The molecule has 0 bridgehead atoms. The molecule has 8 atom stereocenters. The van der Waals surface area contributed by atoms with Gasteiger partial charge in [0.2, 0.25) is 0 Å². The summed E-state index contributed by atoms with van der Waals surface area (Å²) >= 11 is 0. The third-order valence-corrected chi connectivity index (χ3v) is 15.0. The first-order chi connectivity index (χ1) is 32.9. The standard InChI is InChI=1S/2C21H20O4.C16H16O2.CH4.B/c2*1-3-5-13-6-4-7-14-15(13)9-16-17(14)10-19(22)18(16)11-24-20-8-12(2)21(23)25-20;1-2-4-10-5-3-6-11-12(10)7-13-14(11)8-16(18)15(13)9-17;;/h2*3-4,6-8,11,16-17,20H,1,5,9-10H2,2H3;2-3,5-6,9,13-14,17H,1,4,7-8H2;1H4;/b2*18-11+;15-9-;;/t16-,17+,20+;16-,17+,20-;;;/m00.../s1. The summed E-state index contributed by atoms with van der Waals surface area (Å²) in [4.78, 5) is 59.5. The molecule has 0 aromatic heterocycles. The molecule has 11 rings (SSSR count). The molecule has 2 heterocycles. The molecule has 3 radical (unpaired) electrons. The van der Waals surface area contributed by atoms with E-state index in [1.54, 1.807) is 26.0 Å². The van der Waals surface area contributed by atoms with Gasteiger partial charge in [-0.15, -0.1) is 19.7 Å². The largest absolute Gasteiger partial charge is 0.515 e. The average molecular weight is 940 g/mol. The van der Waals surface area contributed by atoms with Crippen molar-refractivity contribution in [2.45, 2.75) is 109 Å². The quantitative estimate of drug-likeness (QED) is 0.0686. The van der Waals surface area contributed by atoms with Gasteiger partial charge >= 0.3 is 11.9 Å². The molecule has 0 spiro atoms. The lowest BCUT2D eigenvalue weighted by molar-refractivity contribution is -0.153. The molecule has 6 aliphatic carbocycles. The fraction of sp³-hybridized carbons (Fsp3) is 0.339. The number of ether oxygens (including phenoxy) is 4. The number of aliphatic hydroxyl groups excluding tert-OH is 1. The van der Waals surface area contributed by atoms with Crippen LogP contribution in [0.5, 0.6) is 0 Å². The van der Waals surface area contributed by atoms with E-state index in [2.05, 4.69) is 74.3 Å². The molecule has 3 aromatic carbocycles. The predicted octanol–water partition coefficient (Wildman–Crippen LogP) is 10.1. The Bertz CT molecular complexity index is 2680. The monoisotopic (exact) mass is 939 g/mol. The van der Waals surface area contributed by atoms with E-state index >= 15 is 0 Å². The number of fused-ring (bicyclic) bond motifs is 9. The number of ketones is 3. The third kappa shape index (κ3) is 9.50. The molecule has 359 valence electrons. The maximum atomic E-state index is 12.5. The first-order valence-corrected chi connectivity index (χ1v) is 23.5. The Hall–Kier alpha value is -7.01. The Labute approximate surface area is 412 Å². The van der Waals surface area contributed by atoms with Gasteiger partial charge in [-0.1, -0.05) is 80.3 Å². The molecule has 3 saturated carbocycles. The fourth-order valence-electron chi connectivity index (χ4n) is 11.7. The molecule has 3 fully saturated rings. The van der Waals surface area contributed by atoms with E-state index in [-0.39, 0.29) is 80.6 Å². The second kappa shape index (κ2) is 21.3. The highest BCUT2D eigenvalue weighted by molar-refractivity contribution is 6.01. The molecule has 2 aliphatic heterocycles. The number of carbonyl (C=O) groups is 5. The summed E-state index contributed by atoms with van der Waals surface area (Å²) in [6.07, 6.45) is 18.3. The van der Waals surface area contributed by atoms with Crippen molar-refractivity contribution in [2.75, 3.05) is 0 Å². The topological polar surface area (TPSA) is 143 Å². The molecule has 11 heteroatoms. The summed E-state index contributed by atoms with van der Waals surface area (Å²) in [5.74, 6) is 0.816. The van der Waals surface area contributed by atoms with Gasteiger partial charge in [-0.3, -0.25) is 14.4 Å². The van der Waals surface area contributed by atoms with Crippen molar-refractivity contribution in [1.82, 2.24) is 0 Å². The number of cyclic esters (lactones) is 2. The zero-order valence-electron chi connectivity index (χ0n) is 39.1. The number of hydrogen-bond acceptors (Lipinski definition) is 10. The molecule has 0 amide bonds. The van der Waals surface area contributed by atoms with Crippen molar-refractivity contribution in [3.05, 3.63) is 201 Å². The molecule has 3 aromatic rings. The minimum Gasteiger partial charge on any atom is -0.515 e. The van der Waals surface area contributed by atoms with Gasteiger partial charge in [-0.05, 0) is 120 Å². The van der Waals surface area contributed by atoms with Gasteiger partial charge in [0.15, 0.2) is 17.3 Å². The molecule has 70 heavy (non-hydrogen) atoms. The van der Waals surface area contributed by atoms with Gasteiger partial charge in [-0.2, -0.15) is 0 Å². The summed E-state index contributed by atoms with van der Waals surface area (Å²) in [6, 6.07) is 19.0. The molecule has 10 nitrogen and oxygen atoms in total. The molecule has 0 saturated heterocycles. The van der Waals surface area contributed by atoms with Crippen molar-refractivity contribution in [2.24, 2.45) is 17.8 Å². The number of esters is 2. The number of rotatable bonds is 10. The van der Waals surface area contributed by atoms with Crippen LogP contribution in [0.1, 0.15) is 108 Å². The third-order valence-electron chi connectivity index (χ3n) is 15.0. The Kier molecular flexibility index (Phi) is 15.5. The zero-order valence-corrected chi connectivity index (χ0v) is 39.1. The van der Waals surface area contributed by atoms with Crippen LogP contribution in [0.3, 0.4) is 0 Å². The van der Waals surface area contributed by atoms with Gasteiger partial charge in [0.05, 0.1) is 18.8 Å². The van der Waals surface area contributed by atoms with Crippen molar-refractivity contribution < 1.29 is 48.0 Å². The number of benzene rings is 3. The number of allylic oxidation sites excluding steroid dienone is 6. The van der Waals surface area contributed by atoms with Gasteiger partial charge in [-0.25, -0.2) is 9.59 Å². The smallest absolute Gasteiger partial charge is 0.336 e. The molecular formula is C59H60BO10. The number of aliphatic hydroxyl groups is 1. The normalized spacial score (nSPS) is 27.5. The Morgan fingerprint density at radius 3 is 1.16 bits per heavy atom. The molecule has 2 unspecified atom stereocenters. The van der Waals surface area contributed by atoms with Crippen LogP contribution in [0, 0.1) is 17.8 Å². The second-order valence-corrected chi connectivity index (χ2v) is 18.8. The lowest BCUT2D eigenvalue weighted by Crippen LogP contribution is -2.12. The average Bonchev–Trinajstić information content (AvgIpc) is 4.21. The SMILES string of the molecule is C.C=CCc1cccc2c1CC1/C(=C/O)C(=O)CC21.C=CCc1cccc2c1C[C@@H]1/C(=C\O[C@@H]3C=C(C)C(=O)O3)C(=O)C[C@H]21.C=CCc1cccc2c1C[C@@H]1/C(=C\O[C@H]3C=C(C)C(=O)O3)C(=O)C[C@H]21.[B]. The highest BCUT2D eigenvalue weighted by Gasteiger charge is 2.47. The first kappa shape index (κ1) is 50.9. The minimum absolute atomic E-state index is 0. The zero-order chi connectivity index (χ0) is 47.8. The fourth-order valence-corrected chi connectivity index (χ4v) is 11.7. The van der Waals surface area contributed by atoms with Crippen molar-refractivity contribution in [3.63, 3.8) is 0 Å². The van der Waals surface area contributed by atoms with Crippen LogP contribution < -0.4 is 0 Å². The summed E-state index contributed by atoms with van der Waals surface area (Å²) in [6.45, 7) is 14.8. The van der Waals surface area contributed by atoms with E-state index < -0.39 is 12.6 Å². The summed E-state index contributed by atoms with van der Waals surface area (Å²) in [7, 11) is 0. The lowest BCUT2D eigenvalue weighted by atomic mass is 9.94. The van der Waals surface area contributed by atoms with E-state index in [9.17, 15) is 29.1 Å². The van der Waals surface area contributed by atoms with Gasteiger partial charge in [0.1, 0.15) is 0 Å². The Morgan fingerprint density at radius 2 is 0.857 bits per heavy atom. The van der Waals surface area contributed by atoms with E-state index in [0.29, 0.717) is 47.1 Å². The van der Waals surface area contributed by atoms with Crippen molar-refractivity contribution in [3.8, 4) is 0 Å². The highest BCUT2D eigenvalue weighted by Crippen LogP contribution is 2.53. The van der Waals surface area contributed by atoms with E-state index in [4.69, 9.17) is 18.9 Å². The maximum Gasteiger partial charge on any atom is 0.336 e. The van der Waals surface area contributed by atoms with Crippen LogP contribution in [0.4, 0.5) is 0 Å². The number of carbonyl (C=O) groups excluding carboxylic acids is 5. The number of hydrogen-bond donors (Lipinski definition) is 1. The number of Topliss-reactive ketones (excluding diaryl/α,β-unsaturated/α-hetero) is 3. The van der Waals surface area contributed by atoms with Crippen molar-refractivity contribution >= 4 is 37.7 Å². The van der Waals surface area contributed by atoms with Crippen LogP contribution in [-0.2, 0) is 81.4 Å². The summed E-state index contributed by atoms with van der Waals surface area (Å²) in [5, 5.41) is 9.24. The van der Waals surface area contributed by atoms with E-state index in [0.717, 1.165) is 44.8 Å². The highest BCUT2D eigenvalue weighted by atomic mass is 16.7. The van der Waals surface area contributed by atoms with E-state index in [1.165, 1.54) is 62.6 Å². The van der Waals surface area contributed by atoms with Gasteiger partial charge in [0, 0.05) is 85.4 Å². The summed E-state index contributed by atoms with van der Waals surface area (Å²) in [5.41, 5.74) is 14.9. The first-order valence-electron chi connectivity index (χ1n) is 23.5. The Morgan fingerprint density at radius 1 is 0.529 bits per heavy atom. The lowest BCUT2D eigenvalue weighted by Gasteiger charge is -2.12. The van der Waals surface area contributed by atoms with Crippen LogP contribution in [0.25, 0.3) is 0 Å². The summed E-state index contributed by atoms with van der Waals surface area (Å²) < 4.78 is 21.3.